The van der Waals surface area contributed by atoms with Crippen molar-refractivity contribution in [3.05, 3.63) is 23.3 Å². The monoisotopic (exact) mass is 284 g/mol. The van der Waals surface area contributed by atoms with Crippen molar-refractivity contribution in [1.82, 2.24) is 0 Å². The molecule has 1 saturated heterocycles. The zero-order valence-corrected chi connectivity index (χ0v) is 12.1. The number of nitrogens with two attached hydrogens (primary N) is 1. The highest BCUT2D eigenvalue weighted by Crippen LogP contribution is 2.26. The molecule has 1 atom stereocenters. The fourth-order valence-electron chi connectivity index (χ4n) is 2.24. The molecule has 1 aromatic rings. The fraction of sp³-hybridized carbons (Fsp3) is 0.538. The van der Waals surface area contributed by atoms with Crippen LogP contribution in [0.4, 0.5) is 11.4 Å². The molecule has 0 spiro atoms. The Labute approximate surface area is 114 Å². The van der Waals surface area contributed by atoms with Gasteiger partial charge in [-0.05, 0) is 43.9 Å². The molecule has 1 aliphatic heterocycles. The van der Waals surface area contributed by atoms with Gasteiger partial charge >= 0.3 is 0 Å². The van der Waals surface area contributed by atoms with Crippen molar-refractivity contribution in [1.29, 1.82) is 0 Å². The van der Waals surface area contributed by atoms with Crippen molar-refractivity contribution in [2.24, 2.45) is 0 Å². The maximum atomic E-state index is 12.1. The number of nitrogen functional groups attached to an aromatic ring is 1. The van der Waals surface area contributed by atoms with Gasteiger partial charge in [0.15, 0.2) is 0 Å². The molecule has 0 saturated carbocycles. The van der Waals surface area contributed by atoms with Crippen LogP contribution in [0.5, 0.6) is 0 Å². The van der Waals surface area contributed by atoms with Crippen molar-refractivity contribution in [2.75, 3.05) is 22.8 Å². The number of benzene rings is 1. The van der Waals surface area contributed by atoms with Crippen LogP contribution in [0.15, 0.2) is 12.1 Å². The SMILES string of the molecule is Cc1ccc(N)c(C)c1NS(=O)(=O)CC1CCCO1. The van der Waals surface area contributed by atoms with Crippen LogP contribution in [-0.2, 0) is 14.8 Å². The molecule has 19 heavy (non-hydrogen) atoms. The third-order valence-corrected chi connectivity index (χ3v) is 4.73. The first-order chi connectivity index (χ1) is 8.89. The van der Waals surface area contributed by atoms with Crippen LogP contribution in [0.25, 0.3) is 0 Å². The van der Waals surface area contributed by atoms with Crippen molar-refractivity contribution in [3.63, 3.8) is 0 Å². The largest absolute Gasteiger partial charge is 0.398 e. The second kappa shape index (κ2) is 5.38. The summed E-state index contributed by atoms with van der Waals surface area (Å²) in [6.07, 6.45) is 1.53. The van der Waals surface area contributed by atoms with Crippen LogP contribution in [0.3, 0.4) is 0 Å². The highest BCUT2D eigenvalue weighted by atomic mass is 32.2. The molecule has 1 aliphatic rings. The molecule has 1 fully saturated rings. The van der Waals surface area contributed by atoms with Gasteiger partial charge in [-0.25, -0.2) is 8.42 Å². The predicted molar refractivity (Wildman–Crippen MR) is 76.7 cm³/mol. The molecule has 6 heteroatoms. The Morgan fingerprint density at radius 2 is 2.16 bits per heavy atom. The van der Waals surface area contributed by atoms with Crippen LogP contribution >= 0.6 is 0 Å². The molecule has 0 aromatic heterocycles. The van der Waals surface area contributed by atoms with Gasteiger partial charge < -0.3 is 10.5 Å². The lowest BCUT2D eigenvalue weighted by Gasteiger charge is -2.16. The first-order valence-electron chi connectivity index (χ1n) is 6.37. The van der Waals surface area contributed by atoms with Gasteiger partial charge in [-0.3, -0.25) is 4.72 Å². The summed E-state index contributed by atoms with van der Waals surface area (Å²) < 4.78 is 32.3. The van der Waals surface area contributed by atoms with Gasteiger partial charge in [0.25, 0.3) is 0 Å². The number of nitrogens with one attached hydrogen (secondary N) is 1. The Balaban J connectivity index is 2.18. The zero-order chi connectivity index (χ0) is 14.0. The summed E-state index contributed by atoms with van der Waals surface area (Å²) in [4.78, 5) is 0. The highest BCUT2D eigenvalue weighted by molar-refractivity contribution is 7.92. The molecule has 1 aromatic carbocycles. The van der Waals surface area contributed by atoms with Crippen molar-refractivity contribution >= 4 is 21.4 Å². The molecule has 106 valence electrons. The predicted octanol–water partition coefficient (Wildman–Crippen LogP) is 1.81. The second-order valence-corrected chi connectivity index (χ2v) is 6.76. The Bertz CT molecular complexity index is 563. The smallest absolute Gasteiger partial charge is 0.235 e. The average Bonchev–Trinajstić information content (AvgIpc) is 2.82. The van der Waals surface area contributed by atoms with Gasteiger partial charge in [0.05, 0.1) is 17.5 Å². The van der Waals surface area contributed by atoms with E-state index in [2.05, 4.69) is 4.72 Å². The second-order valence-electron chi connectivity index (χ2n) is 4.99. The Kier molecular flexibility index (Phi) is 4.01. The van der Waals surface area contributed by atoms with E-state index in [9.17, 15) is 8.42 Å². The molecule has 0 amide bonds. The normalized spacial score (nSPS) is 19.6. The van der Waals surface area contributed by atoms with E-state index in [1.807, 2.05) is 19.9 Å². The van der Waals surface area contributed by atoms with Gasteiger partial charge in [0, 0.05) is 12.3 Å². The number of sulfonamides is 1. The highest BCUT2D eigenvalue weighted by Gasteiger charge is 2.24. The topological polar surface area (TPSA) is 81.4 Å². The van der Waals surface area contributed by atoms with Gasteiger partial charge in [0.2, 0.25) is 10.0 Å². The molecule has 0 bridgehead atoms. The summed E-state index contributed by atoms with van der Waals surface area (Å²) in [5, 5.41) is 0. The number of aryl methyl sites for hydroxylation is 1. The summed E-state index contributed by atoms with van der Waals surface area (Å²) in [6, 6.07) is 3.59. The minimum Gasteiger partial charge on any atom is -0.398 e. The van der Waals surface area contributed by atoms with E-state index in [0.717, 1.165) is 24.0 Å². The lowest BCUT2D eigenvalue weighted by molar-refractivity contribution is 0.127. The molecule has 1 heterocycles. The van der Waals surface area contributed by atoms with Gasteiger partial charge in [0.1, 0.15) is 0 Å². The number of anilines is 2. The van der Waals surface area contributed by atoms with Crippen LogP contribution in [0.1, 0.15) is 24.0 Å². The van der Waals surface area contributed by atoms with Crippen molar-refractivity contribution < 1.29 is 13.2 Å². The minimum absolute atomic E-state index is 0.000674. The Morgan fingerprint density at radius 3 is 2.79 bits per heavy atom. The van der Waals surface area contributed by atoms with Crippen molar-refractivity contribution in [2.45, 2.75) is 32.8 Å². The summed E-state index contributed by atoms with van der Waals surface area (Å²) in [5.41, 5.74) is 8.60. The first kappa shape index (κ1) is 14.1. The molecule has 2 rings (SSSR count). The summed E-state index contributed by atoms with van der Waals surface area (Å²) in [5.74, 6) is 0.000674. The summed E-state index contributed by atoms with van der Waals surface area (Å²) >= 11 is 0. The minimum atomic E-state index is -3.41. The van der Waals surface area contributed by atoms with E-state index in [1.165, 1.54) is 0 Å². The molecular formula is C13H20N2O3S. The standard InChI is InChI=1S/C13H20N2O3S/c1-9-5-6-12(14)10(2)13(9)15-19(16,17)8-11-4-3-7-18-11/h5-6,11,15H,3-4,7-8,14H2,1-2H3. The number of rotatable bonds is 4. The zero-order valence-electron chi connectivity index (χ0n) is 11.3. The van der Waals surface area contributed by atoms with E-state index in [4.69, 9.17) is 10.5 Å². The molecule has 0 radical (unpaired) electrons. The van der Waals surface area contributed by atoms with Gasteiger partial charge in [-0.2, -0.15) is 0 Å². The third-order valence-electron chi connectivity index (χ3n) is 3.40. The van der Waals surface area contributed by atoms with E-state index < -0.39 is 10.0 Å². The van der Waals surface area contributed by atoms with E-state index in [-0.39, 0.29) is 11.9 Å². The molecule has 3 N–H and O–H groups in total. The fourth-order valence-corrected chi connectivity index (χ4v) is 3.70. The quantitative estimate of drug-likeness (QED) is 0.826. The van der Waals surface area contributed by atoms with Crippen molar-refractivity contribution in [3.8, 4) is 0 Å². The van der Waals surface area contributed by atoms with Crippen LogP contribution in [-0.4, -0.2) is 26.9 Å². The van der Waals surface area contributed by atoms with E-state index >= 15 is 0 Å². The Hall–Kier alpha value is -1.27. The van der Waals surface area contributed by atoms with Crippen LogP contribution in [0, 0.1) is 13.8 Å². The molecule has 1 unspecified atom stereocenters. The number of hydrogen-bond donors (Lipinski definition) is 2. The molecule has 0 aliphatic carbocycles. The molecular weight excluding hydrogens is 264 g/mol. The van der Waals surface area contributed by atoms with Gasteiger partial charge in [-0.1, -0.05) is 6.07 Å². The summed E-state index contributed by atoms with van der Waals surface area (Å²) in [6.45, 7) is 4.32. The van der Waals surface area contributed by atoms with Gasteiger partial charge in [-0.15, -0.1) is 0 Å². The van der Waals surface area contributed by atoms with E-state index in [0.29, 0.717) is 18.0 Å². The summed E-state index contributed by atoms with van der Waals surface area (Å²) in [7, 11) is -3.41. The van der Waals surface area contributed by atoms with E-state index in [1.54, 1.807) is 6.07 Å². The Morgan fingerprint density at radius 1 is 1.42 bits per heavy atom. The maximum absolute atomic E-state index is 12.1. The molecule has 5 nitrogen and oxygen atoms in total. The van der Waals surface area contributed by atoms with Crippen LogP contribution < -0.4 is 10.5 Å². The average molecular weight is 284 g/mol. The number of hydrogen-bond acceptors (Lipinski definition) is 4. The maximum Gasteiger partial charge on any atom is 0.235 e. The third kappa shape index (κ3) is 3.39. The lowest BCUT2D eigenvalue weighted by atomic mass is 10.1. The lowest BCUT2D eigenvalue weighted by Crippen LogP contribution is -2.26. The first-order valence-corrected chi connectivity index (χ1v) is 8.02. The number of ether oxygens (including phenoxy) is 1. The van der Waals surface area contributed by atoms with Crippen LogP contribution in [0.2, 0.25) is 0 Å².